The van der Waals surface area contributed by atoms with E-state index in [2.05, 4.69) is 11.6 Å². The lowest BCUT2D eigenvalue weighted by molar-refractivity contribution is -0.134. The summed E-state index contributed by atoms with van der Waals surface area (Å²) in [6, 6.07) is 13.9. The fourth-order valence-corrected chi connectivity index (χ4v) is 4.87. The summed E-state index contributed by atoms with van der Waals surface area (Å²) in [5.74, 6) is 1.19. The molecule has 0 spiro atoms. The molecule has 1 aliphatic heterocycles. The van der Waals surface area contributed by atoms with Crippen LogP contribution in [0.5, 0.6) is 11.5 Å². The van der Waals surface area contributed by atoms with Gasteiger partial charge >= 0.3 is 0 Å². The molecule has 1 saturated heterocycles. The summed E-state index contributed by atoms with van der Waals surface area (Å²) in [7, 11) is -2.08. The maximum absolute atomic E-state index is 12.6. The molecular formula is C23H30N2O5S. The number of methoxy groups -OCH3 is 1. The van der Waals surface area contributed by atoms with E-state index in [1.807, 2.05) is 24.3 Å². The van der Waals surface area contributed by atoms with Crippen LogP contribution in [0.3, 0.4) is 0 Å². The van der Waals surface area contributed by atoms with Crippen LogP contribution in [0.15, 0.2) is 53.4 Å². The summed E-state index contributed by atoms with van der Waals surface area (Å²) in [5.41, 5.74) is 1.25. The lowest BCUT2D eigenvalue weighted by Crippen LogP contribution is -2.47. The minimum atomic E-state index is -3.61. The van der Waals surface area contributed by atoms with Gasteiger partial charge in [-0.3, -0.25) is 4.79 Å². The zero-order valence-electron chi connectivity index (χ0n) is 18.0. The number of nitrogens with zero attached hydrogens (tertiary/aromatic N) is 1. The van der Waals surface area contributed by atoms with Crippen molar-refractivity contribution in [1.82, 2.24) is 9.62 Å². The van der Waals surface area contributed by atoms with Crippen LogP contribution in [-0.4, -0.2) is 52.1 Å². The quantitative estimate of drug-likeness (QED) is 0.640. The Labute approximate surface area is 184 Å². The van der Waals surface area contributed by atoms with Crippen LogP contribution < -0.4 is 14.2 Å². The molecule has 0 saturated carbocycles. The Hall–Kier alpha value is -2.58. The van der Waals surface area contributed by atoms with Crippen molar-refractivity contribution in [3.8, 4) is 11.5 Å². The zero-order valence-corrected chi connectivity index (χ0v) is 18.9. The highest BCUT2D eigenvalue weighted by Gasteiger charge is 2.27. The third kappa shape index (κ3) is 6.45. The molecule has 1 heterocycles. The molecule has 0 unspecified atom stereocenters. The average Bonchev–Trinajstić information content (AvgIpc) is 2.79. The minimum Gasteiger partial charge on any atom is -0.497 e. The summed E-state index contributed by atoms with van der Waals surface area (Å²) in [6.45, 7) is 3.10. The topological polar surface area (TPSA) is 84.9 Å². The van der Waals surface area contributed by atoms with Crippen LogP contribution in [-0.2, 0) is 21.2 Å². The van der Waals surface area contributed by atoms with Crippen molar-refractivity contribution in [2.45, 2.75) is 43.5 Å². The summed E-state index contributed by atoms with van der Waals surface area (Å²) in [5, 5.41) is 0. The number of amides is 1. The molecule has 1 fully saturated rings. The summed E-state index contributed by atoms with van der Waals surface area (Å²) in [6.07, 6.45) is 3.24. The van der Waals surface area contributed by atoms with E-state index in [1.54, 1.807) is 17.0 Å². The van der Waals surface area contributed by atoms with E-state index < -0.39 is 10.0 Å². The highest BCUT2D eigenvalue weighted by atomic mass is 32.2. The van der Waals surface area contributed by atoms with Crippen LogP contribution >= 0.6 is 0 Å². The van der Waals surface area contributed by atoms with Gasteiger partial charge in [-0.25, -0.2) is 13.1 Å². The fraction of sp³-hybridized carbons (Fsp3) is 0.435. The van der Waals surface area contributed by atoms with Gasteiger partial charge in [0.25, 0.3) is 5.91 Å². The normalized spacial score (nSPS) is 15.0. The number of aryl methyl sites for hydroxylation is 1. The van der Waals surface area contributed by atoms with Crippen molar-refractivity contribution in [2.75, 3.05) is 26.8 Å². The standard InChI is InChI=1S/C23H30N2O5S/c1-3-4-18-5-7-21(8-6-18)30-17-23(26)25-15-13-19(14-16-25)24-31(27,28)22-11-9-20(29-2)10-12-22/h5-12,19,24H,3-4,13-17H2,1-2H3. The van der Waals surface area contributed by atoms with Crippen LogP contribution in [0.1, 0.15) is 31.7 Å². The molecule has 0 aliphatic carbocycles. The van der Waals surface area contributed by atoms with E-state index in [9.17, 15) is 13.2 Å². The van der Waals surface area contributed by atoms with Crippen LogP contribution in [0.2, 0.25) is 0 Å². The molecule has 1 aliphatic rings. The summed E-state index contributed by atoms with van der Waals surface area (Å²) >= 11 is 0. The van der Waals surface area contributed by atoms with E-state index in [4.69, 9.17) is 9.47 Å². The molecule has 2 aromatic rings. The van der Waals surface area contributed by atoms with Gasteiger partial charge in [0.05, 0.1) is 12.0 Å². The second kappa shape index (κ2) is 10.6. The number of piperidine rings is 1. The van der Waals surface area contributed by atoms with Crippen molar-refractivity contribution < 1.29 is 22.7 Å². The predicted octanol–water partition coefficient (Wildman–Crippen LogP) is 3.00. The van der Waals surface area contributed by atoms with Gasteiger partial charge in [0.1, 0.15) is 11.5 Å². The van der Waals surface area contributed by atoms with Crippen molar-refractivity contribution >= 4 is 15.9 Å². The van der Waals surface area contributed by atoms with Crippen molar-refractivity contribution in [2.24, 2.45) is 0 Å². The molecule has 2 aromatic carbocycles. The van der Waals surface area contributed by atoms with Crippen molar-refractivity contribution in [1.29, 1.82) is 0 Å². The van der Waals surface area contributed by atoms with Crippen molar-refractivity contribution in [3.63, 3.8) is 0 Å². The number of nitrogens with one attached hydrogen (secondary N) is 1. The van der Waals surface area contributed by atoms with Gasteiger partial charge in [-0.05, 0) is 61.2 Å². The number of benzene rings is 2. The highest BCUT2D eigenvalue weighted by Crippen LogP contribution is 2.19. The molecule has 1 amide bonds. The Morgan fingerprint density at radius 2 is 1.65 bits per heavy atom. The maximum Gasteiger partial charge on any atom is 0.260 e. The van der Waals surface area contributed by atoms with E-state index in [1.165, 1.54) is 24.8 Å². The van der Waals surface area contributed by atoms with Crippen LogP contribution in [0.25, 0.3) is 0 Å². The van der Waals surface area contributed by atoms with Gasteiger partial charge in [0.15, 0.2) is 6.61 Å². The zero-order chi connectivity index (χ0) is 22.3. The number of ether oxygens (including phenoxy) is 2. The monoisotopic (exact) mass is 446 g/mol. The molecule has 168 valence electrons. The van der Waals surface area contributed by atoms with Gasteiger partial charge in [-0.1, -0.05) is 25.5 Å². The molecule has 8 heteroatoms. The average molecular weight is 447 g/mol. The lowest BCUT2D eigenvalue weighted by atomic mass is 10.1. The van der Waals surface area contributed by atoms with E-state index >= 15 is 0 Å². The smallest absolute Gasteiger partial charge is 0.260 e. The minimum absolute atomic E-state index is 0.0185. The number of sulfonamides is 1. The lowest BCUT2D eigenvalue weighted by Gasteiger charge is -2.32. The largest absolute Gasteiger partial charge is 0.497 e. The van der Waals surface area contributed by atoms with E-state index in [-0.39, 0.29) is 23.5 Å². The fourth-order valence-electron chi connectivity index (χ4n) is 3.57. The molecule has 0 bridgehead atoms. The first kappa shape index (κ1) is 23.1. The Morgan fingerprint density at radius 3 is 2.23 bits per heavy atom. The number of hydrogen-bond acceptors (Lipinski definition) is 5. The second-order valence-electron chi connectivity index (χ2n) is 7.63. The van der Waals surface area contributed by atoms with Crippen LogP contribution in [0.4, 0.5) is 0 Å². The van der Waals surface area contributed by atoms with Gasteiger partial charge in [-0.15, -0.1) is 0 Å². The second-order valence-corrected chi connectivity index (χ2v) is 9.35. The predicted molar refractivity (Wildman–Crippen MR) is 119 cm³/mol. The first-order chi connectivity index (χ1) is 14.9. The molecule has 7 nitrogen and oxygen atoms in total. The molecule has 31 heavy (non-hydrogen) atoms. The number of likely N-dealkylation sites (tertiary alicyclic amines) is 1. The number of carbonyl (C=O) groups is 1. The Balaban J connectivity index is 1.45. The number of hydrogen-bond donors (Lipinski definition) is 1. The highest BCUT2D eigenvalue weighted by molar-refractivity contribution is 7.89. The maximum atomic E-state index is 12.6. The van der Waals surface area contributed by atoms with Gasteiger partial charge < -0.3 is 14.4 Å². The third-order valence-electron chi connectivity index (χ3n) is 5.36. The Kier molecular flexibility index (Phi) is 7.92. The van der Waals surface area contributed by atoms with Gasteiger partial charge in [-0.2, -0.15) is 0 Å². The molecule has 0 atom stereocenters. The van der Waals surface area contributed by atoms with Gasteiger partial charge in [0.2, 0.25) is 10.0 Å². The first-order valence-electron chi connectivity index (χ1n) is 10.6. The number of rotatable bonds is 9. The molecule has 0 radical (unpaired) electrons. The third-order valence-corrected chi connectivity index (χ3v) is 6.90. The molecule has 1 N–H and O–H groups in total. The van der Waals surface area contributed by atoms with Gasteiger partial charge in [0, 0.05) is 19.1 Å². The van der Waals surface area contributed by atoms with Crippen LogP contribution in [0, 0.1) is 0 Å². The Bertz CT molecular complexity index is 950. The first-order valence-corrected chi connectivity index (χ1v) is 12.1. The molecule has 3 rings (SSSR count). The van der Waals surface area contributed by atoms with E-state index in [0.29, 0.717) is 37.4 Å². The SMILES string of the molecule is CCCc1ccc(OCC(=O)N2CCC(NS(=O)(=O)c3ccc(OC)cc3)CC2)cc1. The Morgan fingerprint density at radius 1 is 1.03 bits per heavy atom. The molecule has 0 aromatic heterocycles. The summed E-state index contributed by atoms with van der Waals surface area (Å²) in [4.78, 5) is 14.4. The van der Waals surface area contributed by atoms with E-state index in [0.717, 1.165) is 12.8 Å². The molecular weight excluding hydrogens is 416 g/mol. The summed E-state index contributed by atoms with van der Waals surface area (Å²) < 4.78 is 38.6. The van der Waals surface area contributed by atoms with Crippen molar-refractivity contribution in [3.05, 3.63) is 54.1 Å². The number of carbonyl (C=O) groups excluding carboxylic acids is 1.